The minimum Gasteiger partial charge on any atom is -0.360 e. The first kappa shape index (κ1) is 15.5. The van der Waals surface area contributed by atoms with Gasteiger partial charge in [0, 0.05) is 24.8 Å². The van der Waals surface area contributed by atoms with Crippen LogP contribution in [0, 0.1) is 13.8 Å². The Labute approximate surface area is 134 Å². The van der Waals surface area contributed by atoms with E-state index >= 15 is 0 Å². The van der Waals surface area contributed by atoms with Crippen molar-refractivity contribution in [1.82, 2.24) is 5.16 Å². The second-order valence-electron chi connectivity index (χ2n) is 5.52. The fraction of sp³-hybridized carbons (Fsp3) is 0.333. The van der Waals surface area contributed by atoms with Crippen molar-refractivity contribution in [2.75, 3.05) is 16.2 Å². The monoisotopic (exact) mass is 335 g/mol. The molecule has 0 fully saturated rings. The molecule has 0 aliphatic carbocycles. The molecule has 0 saturated heterocycles. The lowest BCUT2D eigenvalue weighted by Crippen LogP contribution is -2.25. The van der Waals surface area contributed by atoms with Crippen molar-refractivity contribution in [2.24, 2.45) is 0 Å². The van der Waals surface area contributed by atoms with Crippen molar-refractivity contribution in [3.63, 3.8) is 0 Å². The molecule has 1 aromatic heterocycles. The molecule has 3 rings (SSSR count). The largest absolute Gasteiger partial charge is 0.360 e. The maximum absolute atomic E-state index is 12.5. The number of amides is 1. The number of carbonyl (C=O) groups is 1. The van der Waals surface area contributed by atoms with Gasteiger partial charge in [-0.25, -0.2) is 8.42 Å². The maximum Gasteiger partial charge on any atom is 0.267 e. The lowest BCUT2D eigenvalue weighted by Gasteiger charge is -2.15. The zero-order valence-corrected chi connectivity index (χ0v) is 13.9. The Morgan fingerprint density at radius 3 is 2.70 bits per heavy atom. The van der Waals surface area contributed by atoms with Crippen LogP contribution in [0.15, 0.2) is 27.6 Å². The third-order valence-corrected chi connectivity index (χ3v) is 5.47. The smallest absolute Gasteiger partial charge is 0.267 e. The molecule has 0 spiro atoms. The van der Waals surface area contributed by atoms with E-state index in [0.29, 0.717) is 24.3 Å². The van der Waals surface area contributed by atoms with Crippen LogP contribution in [0.1, 0.15) is 23.9 Å². The Hall–Kier alpha value is -2.35. The number of rotatable bonds is 3. The molecule has 1 aliphatic heterocycles. The van der Waals surface area contributed by atoms with E-state index < -0.39 is 10.0 Å². The van der Waals surface area contributed by atoms with Crippen molar-refractivity contribution >= 4 is 27.3 Å². The van der Waals surface area contributed by atoms with Crippen molar-refractivity contribution in [3.8, 4) is 0 Å². The summed E-state index contributed by atoms with van der Waals surface area (Å²) >= 11 is 0. The Bertz CT molecular complexity index is 867. The summed E-state index contributed by atoms with van der Waals surface area (Å²) in [6, 6.07) is 5.17. The lowest BCUT2D eigenvalue weighted by molar-refractivity contribution is -0.116. The number of aryl methyl sites for hydroxylation is 2. The van der Waals surface area contributed by atoms with E-state index in [1.165, 1.54) is 6.92 Å². The van der Waals surface area contributed by atoms with E-state index in [1.807, 2.05) is 0 Å². The Kier molecular flexibility index (Phi) is 3.63. The fourth-order valence-electron chi connectivity index (χ4n) is 2.86. The SMILES string of the molecule is CC(=O)N1CCc2cc(NS(=O)(=O)c3c(C)noc3C)ccc21. The zero-order chi connectivity index (χ0) is 16.8. The summed E-state index contributed by atoms with van der Waals surface area (Å²) in [6.45, 7) is 5.27. The summed E-state index contributed by atoms with van der Waals surface area (Å²) in [5, 5.41) is 3.67. The van der Waals surface area contributed by atoms with Gasteiger partial charge in [-0.05, 0) is 44.0 Å². The average Bonchev–Trinajstić information content (AvgIpc) is 3.01. The van der Waals surface area contributed by atoms with Gasteiger partial charge in [-0.3, -0.25) is 9.52 Å². The fourth-order valence-corrected chi connectivity index (χ4v) is 4.24. The van der Waals surface area contributed by atoms with Gasteiger partial charge in [-0.1, -0.05) is 5.16 Å². The number of hydrogen-bond acceptors (Lipinski definition) is 5. The number of nitrogens with one attached hydrogen (secondary N) is 1. The second kappa shape index (κ2) is 5.38. The van der Waals surface area contributed by atoms with E-state index in [2.05, 4.69) is 9.88 Å². The minimum atomic E-state index is -3.77. The number of hydrogen-bond donors (Lipinski definition) is 1. The number of nitrogens with zero attached hydrogens (tertiary/aromatic N) is 2. The quantitative estimate of drug-likeness (QED) is 0.926. The molecule has 8 heteroatoms. The van der Waals surface area contributed by atoms with Crippen LogP contribution in [-0.4, -0.2) is 26.0 Å². The summed E-state index contributed by atoms with van der Waals surface area (Å²) in [6.07, 6.45) is 0.704. The number of sulfonamides is 1. The highest BCUT2D eigenvalue weighted by molar-refractivity contribution is 7.92. The van der Waals surface area contributed by atoms with Gasteiger partial charge in [0.15, 0.2) is 10.7 Å². The molecule has 0 bridgehead atoms. The summed E-state index contributed by atoms with van der Waals surface area (Å²) in [5.74, 6) is 0.228. The van der Waals surface area contributed by atoms with E-state index in [0.717, 1.165) is 11.3 Å². The lowest BCUT2D eigenvalue weighted by atomic mass is 10.1. The predicted molar refractivity (Wildman–Crippen MR) is 85.0 cm³/mol. The number of carbonyl (C=O) groups excluding carboxylic acids is 1. The van der Waals surface area contributed by atoms with Gasteiger partial charge < -0.3 is 9.42 Å². The summed E-state index contributed by atoms with van der Waals surface area (Å²) in [7, 11) is -3.77. The van der Waals surface area contributed by atoms with Crippen LogP contribution >= 0.6 is 0 Å². The Balaban J connectivity index is 1.92. The van der Waals surface area contributed by atoms with E-state index in [-0.39, 0.29) is 16.6 Å². The third-order valence-electron chi connectivity index (χ3n) is 3.84. The van der Waals surface area contributed by atoms with Crippen LogP contribution in [0.25, 0.3) is 0 Å². The summed E-state index contributed by atoms with van der Waals surface area (Å²) < 4.78 is 32.5. The second-order valence-corrected chi connectivity index (χ2v) is 7.14. The molecular weight excluding hydrogens is 318 g/mol. The van der Waals surface area contributed by atoms with Crippen LogP contribution in [0.2, 0.25) is 0 Å². The van der Waals surface area contributed by atoms with Gasteiger partial charge >= 0.3 is 0 Å². The molecule has 2 aromatic rings. The summed E-state index contributed by atoms with van der Waals surface area (Å²) in [5.41, 5.74) is 2.55. The molecule has 0 radical (unpaired) electrons. The number of benzene rings is 1. The highest BCUT2D eigenvalue weighted by Gasteiger charge is 2.26. The van der Waals surface area contributed by atoms with Gasteiger partial charge in [-0.15, -0.1) is 0 Å². The molecular formula is C15H17N3O4S. The van der Waals surface area contributed by atoms with Crippen molar-refractivity contribution in [1.29, 1.82) is 0 Å². The Morgan fingerprint density at radius 1 is 1.35 bits per heavy atom. The van der Waals surface area contributed by atoms with Gasteiger partial charge in [-0.2, -0.15) is 0 Å². The number of anilines is 2. The van der Waals surface area contributed by atoms with E-state index in [4.69, 9.17) is 4.52 Å². The van der Waals surface area contributed by atoms with Crippen LogP contribution in [0.4, 0.5) is 11.4 Å². The first-order valence-corrected chi connectivity index (χ1v) is 8.64. The topological polar surface area (TPSA) is 92.5 Å². The summed E-state index contributed by atoms with van der Waals surface area (Å²) in [4.78, 5) is 13.3. The standard InChI is InChI=1S/C15H17N3O4S/c1-9-15(10(2)22-16-9)23(20,21)17-13-4-5-14-12(8-13)6-7-18(14)11(3)19/h4-5,8,17H,6-7H2,1-3H3. The highest BCUT2D eigenvalue weighted by atomic mass is 32.2. The molecule has 1 amide bonds. The molecule has 1 aliphatic rings. The predicted octanol–water partition coefficient (Wildman–Crippen LogP) is 2.00. The third kappa shape index (κ3) is 2.70. The van der Waals surface area contributed by atoms with Gasteiger partial charge in [0.1, 0.15) is 5.69 Å². The maximum atomic E-state index is 12.5. The molecule has 122 valence electrons. The molecule has 0 saturated carbocycles. The van der Waals surface area contributed by atoms with Crippen molar-refractivity contribution in [3.05, 3.63) is 35.2 Å². The number of fused-ring (bicyclic) bond motifs is 1. The minimum absolute atomic E-state index is 0.0206. The van der Waals surface area contributed by atoms with Crippen molar-refractivity contribution in [2.45, 2.75) is 32.1 Å². The average molecular weight is 335 g/mol. The molecule has 0 atom stereocenters. The van der Waals surface area contributed by atoms with Crippen LogP contribution in [0.5, 0.6) is 0 Å². The molecule has 0 unspecified atom stereocenters. The highest BCUT2D eigenvalue weighted by Crippen LogP contribution is 2.31. The van der Waals surface area contributed by atoms with E-state index in [1.54, 1.807) is 36.9 Å². The van der Waals surface area contributed by atoms with Crippen LogP contribution in [-0.2, 0) is 21.2 Å². The van der Waals surface area contributed by atoms with Gasteiger partial charge in [0.05, 0.1) is 0 Å². The van der Waals surface area contributed by atoms with Crippen LogP contribution in [0.3, 0.4) is 0 Å². The molecule has 1 N–H and O–H groups in total. The van der Waals surface area contributed by atoms with Gasteiger partial charge in [0.2, 0.25) is 5.91 Å². The first-order chi connectivity index (χ1) is 10.8. The molecule has 2 heterocycles. The molecule has 23 heavy (non-hydrogen) atoms. The zero-order valence-electron chi connectivity index (χ0n) is 13.1. The van der Waals surface area contributed by atoms with Gasteiger partial charge in [0.25, 0.3) is 10.0 Å². The number of aromatic nitrogens is 1. The Morgan fingerprint density at radius 2 is 2.09 bits per heavy atom. The van der Waals surface area contributed by atoms with E-state index in [9.17, 15) is 13.2 Å². The van der Waals surface area contributed by atoms with Crippen molar-refractivity contribution < 1.29 is 17.7 Å². The first-order valence-electron chi connectivity index (χ1n) is 7.16. The molecule has 1 aromatic carbocycles. The normalized spacial score (nSPS) is 14.0. The van der Waals surface area contributed by atoms with Crippen LogP contribution < -0.4 is 9.62 Å². The molecule has 7 nitrogen and oxygen atoms in total.